The van der Waals surface area contributed by atoms with Gasteiger partial charge in [0.1, 0.15) is 16.2 Å². The third-order valence-corrected chi connectivity index (χ3v) is 4.26. The maximum atomic E-state index is 4.78. The van der Waals surface area contributed by atoms with Crippen LogP contribution >= 0.6 is 15.9 Å². The predicted octanol–water partition coefficient (Wildman–Crippen LogP) is 4.84. The maximum absolute atomic E-state index is 4.78. The number of para-hydroxylation sites is 1. The van der Waals surface area contributed by atoms with Gasteiger partial charge in [-0.2, -0.15) is 0 Å². The zero-order valence-electron chi connectivity index (χ0n) is 12.5. The van der Waals surface area contributed by atoms with Crippen LogP contribution in [0.2, 0.25) is 0 Å². The molecule has 3 nitrogen and oxygen atoms in total. The lowest BCUT2D eigenvalue weighted by molar-refractivity contribution is 0.740. The van der Waals surface area contributed by atoms with Crippen LogP contribution in [0.3, 0.4) is 0 Å². The Labute approximate surface area is 134 Å². The van der Waals surface area contributed by atoms with E-state index in [1.54, 1.807) is 0 Å². The van der Waals surface area contributed by atoms with Crippen LogP contribution in [0.15, 0.2) is 34.9 Å². The molecule has 21 heavy (non-hydrogen) atoms. The Morgan fingerprint density at radius 2 is 1.95 bits per heavy atom. The molecular formula is C17H20BrN3. The van der Waals surface area contributed by atoms with E-state index in [9.17, 15) is 0 Å². The average Bonchev–Trinajstić information content (AvgIpc) is 2.69. The van der Waals surface area contributed by atoms with Gasteiger partial charge in [-0.25, -0.2) is 9.97 Å². The van der Waals surface area contributed by atoms with Gasteiger partial charge in [-0.05, 0) is 46.8 Å². The Balaban J connectivity index is 2.07. The summed E-state index contributed by atoms with van der Waals surface area (Å²) in [7, 11) is 0. The Morgan fingerprint density at radius 1 is 1.14 bits per heavy atom. The molecule has 0 saturated heterocycles. The number of halogens is 1. The zero-order valence-corrected chi connectivity index (χ0v) is 14.1. The largest absolute Gasteiger partial charge is 0.326 e. The van der Waals surface area contributed by atoms with Gasteiger partial charge in [0.2, 0.25) is 0 Å². The summed E-state index contributed by atoms with van der Waals surface area (Å²) in [4.78, 5) is 11.6. The van der Waals surface area contributed by atoms with Crippen molar-refractivity contribution < 1.29 is 0 Å². The first kappa shape index (κ1) is 14.5. The van der Waals surface area contributed by atoms with Crippen molar-refractivity contribution in [2.24, 2.45) is 0 Å². The number of hydrogen-bond donors (Lipinski definition) is 0. The van der Waals surface area contributed by atoms with Gasteiger partial charge in [-0.15, -0.1) is 0 Å². The van der Waals surface area contributed by atoms with Gasteiger partial charge in [-0.1, -0.05) is 32.0 Å². The minimum Gasteiger partial charge on any atom is -0.326 e. The molecule has 110 valence electrons. The van der Waals surface area contributed by atoms with Crippen LogP contribution < -0.4 is 4.90 Å². The van der Waals surface area contributed by atoms with Crippen LogP contribution in [0.25, 0.3) is 0 Å². The smallest absolute Gasteiger partial charge is 0.137 e. The predicted molar refractivity (Wildman–Crippen MR) is 90.2 cm³/mol. The average molecular weight is 346 g/mol. The van der Waals surface area contributed by atoms with Crippen molar-refractivity contribution in [1.29, 1.82) is 0 Å². The molecule has 3 rings (SSSR count). The van der Waals surface area contributed by atoms with E-state index >= 15 is 0 Å². The van der Waals surface area contributed by atoms with Crippen LogP contribution in [-0.2, 0) is 6.42 Å². The first-order valence-corrected chi connectivity index (χ1v) is 8.34. The van der Waals surface area contributed by atoms with Gasteiger partial charge in [0, 0.05) is 24.2 Å². The number of aromatic nitrogens is 2. The molecule has 2 aromatic rings. The molecule has 2 heterocycles. The lowest BCUT2D eigenvalue weighted by Gasteiger charge is -2.24. The van der Waals surface area contributed by atoms with Crippen molar-refractivity contribution in [3.05, 3.63) is 46.3 Å². The number of benzene rings is 1. The lowest BCUT2D eigenvalue weighted by atomic mass is 10.1. The molecule has 1 aromatic carbocycles. The molecule has 0 saturated carbocycles. The van der Waals surface area contributed by atoms with Crippen molar-refractivity contribution in [2.45, 2.75) is 39.0 Å². The third kappa shape index (κ3) is 3.10. The Hall–Kier alpha value is -1.42. The van der Waals surface area contributed by atoms with Crippen LogP contribution in [0.4, 0.5) is 11.5 Å². The molecule has 4 heteroatoms. The molecule has 0 aliphatic carbocycles. The van der Waals surface area contributed by atoms with E-state index in [1.807, 2.05) is 6.07 Å². The van der Waals surface area contributed by atoms with Gasteiger partial charge in [0.05, 0.1) is 0 Å². The van der Waals surface area contributed by atoms with E-state index in [2.05, 4.69) is 63.9 Å². The van der Waals surface area contributed by atoms with Crippen molar-refractivity contribution in [2.75, 3.05) is 11.4 Å². The van der Waals surface area contributed by atoms with E-state index in [0.717, 1.165) is 29.2 Å². The Bertz CT molecular complexity index is 640. The molecule has 0 amide bonds. The molecule has 0 spiro atoms. The van der Waals surface area contributed by atoms with Gasteiger partial charge in [0.25, 0.3) is 0 Å². The molecule has 0 unspecified atom stereocenters. The van der Waals surface area contributed by atoms with E-state index in [1.165, 1.54) is 24.1 Å². The summed E-state index contributed by atoms with van der Waals surface area (Å²) in [5.74, 6) is 2.21. The molecule has 1 aliphatic heterocycles. The van der Waals surface area contributed by atoms with E-state index < -0.39 is 0 Å². The summed E-state index contributed by atoms with van der Waals surface area (Å²) in [5, 5.41) is 0. The number of rotatable bonds is 2. The normalized spacial score (nSPS) is 15.0. The minimum atomic E-state index is 0.323. The fourth-order valence-electron chi connectivity index (χ4n) is 2.75. The highest BCUT2D eigenvalue weighted by atomic mass is 79.9. The highest BCUT2D eigenvalue weighted by molar-refractivity contribution is 9.10. The SMILES string of the molecule is CC(C)c1nc(Br)cc(N2CCCCc3ccccc32)n1. The third-order valence-electron chi connectivity index (χ3n) is 3.85. The highest BCUT2D eigenvalue weighted by Gasteiger charge is 2.19. The van der Waals surface area contributed by atoms with Crippen LogP contribution in [0.1, 0.15) is 44.0 Å². The molecule has 0 fully saturated rings. The standard InChI is InChI=1S/C17H20BrN3/c1-12(2)17-19-15(18)11-16(20-17)21-10-6-5-8-13-7-3-4-9-14(13)21/h3-4,7,9,11-12H,5-6,8,10H2,1-2H3. The molecule has 1 aliphatic rings. The van der Waals surface area contributed by atoms with E-state index in [4.69, 9.17) is 4.98 Å². The molecular weight excluding hydrogens is 326 g/mol. The van der Waals surface area contributed by atoms with Gasteiger partial charge in [0.15, 0.2) is 0 Å². The van der Waals surface area contributed by atoms with Crippen molar-refractivity contribution in [3.63, 3.8) is 0 Å². The van der Waals surface area contributed by atoms with Crippen molar-refractivity contribution in [3.8, 4) is 0 Å². The summed E-state index contributed by atoms with van der Waals surface area (Å²) in [6.45, 7) is 5.27. The fourth-order valence-corrected chi connectivity index (χ4v) is 3.14. The van der Waals surface area contributed by atoms with Gasteiger partial charge >= 0.3 is 0 Å². The summed E-state index contributed by atoms with van der Waals surface area (Å²) in [5.41, 5.74) is 2.70. The molecule has 0 radical (unpaired) electrons. The second-order valence-corrected chi connectivity index (χ2v) is 6.61. The number of anilines is 2. The topological polar surface area (TPSA) is 29.0 Å². The quantitative estimate of drug-likeness (QED) is 0.729. The molecule has 0 atom stereocenters. The van der Waals surface area contributed by atoms with Gasteiger partial charge in [-0.3, -0.25) is 0 Å². The first-order valence-electron chi connectivity index (χ1n) is 7.55. The summed E-state index contributed by atoms with van der Waals surface area (Å²) >= 11 is 3.53. The number of hydrogen-bond acceptors (Lipinski definition) is 3. The van der Waals surface area contributed by atoms with Crippen molar-refractivity contribution in [1.82, 2.24) is 9.97 Å². The second kappa shape index (κ2) is 6.14. The minimum absolute atomic E-state index is 0.323. The second-order valence-electron chi connectivity index (χ2n) is 5.80. The maximum Gasteiger partial charge on any atom is 0.137 e. The summed E-state index contributed by atoms with van der Waals surface area (Å²) < 4.78 is 0.859. The fraction of sp³-hybridized carbons (Fsp3) is 0.412. The van der Waals surface area contributed by atoms with E-state index in [0.29, 0.717) is 5.92 Å². The molecule has 0 N–H and O–H groups in total. The van der Waals surface area contributed by atoms with E-state index in [-0.39, 0.29) is 0 Å². The lowest BCUT2D eigenvalue weighted by Crippen LogP contribution is -2.20. The van der Waals surface area contributed by atoms with Gasteiger partial charge < -0.3 is 4.90 Å². The highest BCUT2D eigenvalue weighted by Crippen LogP contribution is 2.32. The van der Waals surface area contributed by atoms with Crippen LogP contribution in [0.5, 0.6) is 0 Å². The zero-order chi connectivity index (χ0) is 14.8. The van der Waals surface area contributed by atoms with Crippen LogP contribution in [-0.4, -0.2) is 16.5 Å². The summed E-state index contributed by atoms with van der Waals surface area (Å²) in [6.07, 6.45) is 3.57. The Kier molecular flexibility index (Phi) is 4.24. The summed E-state index contributed by atoms with van der Waals surface area (Å²) in [6, 6.07) is 10.7. The molecule has 1 aromatic heterocycles. The number of aryl methyl sites for hydroxylation is 1. The van der Waals surface area contributed by atoms with Crippen molar-refractivity contribution >= 4 is 27.4 Å². The molecule has 0 bridgehead atoms. The Morgan fingerprint density at radius 3 is 2.76 bits per heavy atom. The van der Waals surface area contributed by atoms with Crippen LogP contribution in [0, 0.1) is 0 Å². The first-order chi connectivity index (χ1) is 10.1. The number of fused-ring (bicyclic) bond motifs is 1. The monoisotopic (exact) mass is 345 g/mol. The number of nitrogens with zero attached hydrogens (tertiary/aromatic N) is 3.